The van der Waals surface area contributed by atoms with Crippen LogP contribution in [-0.4, -0.2) is 25.2 Å². The Morgan fingerprint density at radius 3 is 2.38 bits per heavy atom. The van der Waals surface area contributed by atoms with E-state index in [-0.39, 0.29) is 0 Å². The first-order chi connectivity index (χ1) is 6.36. The maximum atomic E-state index is 3.91. The van der Waals surface area contributed by atoms with E-state index in [9.17, 15) is 0 Å². The molecular formula is C11H23N2. The third kappa shape index (κ3) is 4.10. The molecule has 0 amide bonds. The normalized spacial score (nSPS) is 29.1. The summed E-state index contributed by atoms with van der Waals surface area (Å²) in [7, 11) is 0. The molecular weight excluding hydrogens is 160 g/mol. The summed E-state index contributed by atoms with van der Waals surface area (Å²) in [5, 5.41) is 7.10. The number of hydrogen-bond acceptors (Lipinski definition) is 2. The summed E-state index contributed by atoms with van der Waals surface area (Å²) in [5.41, 5.74) is 0. The molecule has 13 heavy (non-hydrogen) atoms. The Kier molecular flexibility index (Phi) is 5.40. The van der Waals surface area contributed by atoms with Crippen LogP contribution in [0.25, 0.3) is 0 Å². The zero-order valence-electron chi connectivity index (χ0n) is 8.81. The molecule has 77 valence electrons. The second-order valence-electron chi connectivity index (χ2n) is 3.99. The summed E-state index contributed by atoms with van der Waals surface area (Å²) in [6.07, 6.45) is 6.38. The largest absolute Gasteiger partial charge is 0.311 e. The molecule has 1 rings (SSSR count). The Morgan fingerprint density at radius 1 is 1.15 bits per heavy atom. The van der Waals surface area contributed by atoms with E-state index in [1.807, 2.05) is 0 Å². The quantitative estimate of drug-likeness (QED) is 0.634. The van der Waals surface area contributed by atoms with E-state index < -0.39 is 0 Å². The average molecular weight is 183 g/mol. The highest BCUT2D eigenvalue weighted by atomic mass is 15.1. The van der Waals surface area contributed by atoms with E-state index in [1.54, 1.807) is 0 Å². The molecule has 1 radical (unpaired) electrons. The van der Waals surface area contributed by atoms with Crippen molar-refractivity contribution in [2.75, 3.05) is 13.1 Å². The lowest BCUT2D eigenvalue weighted by atomic mass is 10.0. The summed E-state index contributed by atoms with van der Waals surface area (Å²) in [4.78, 5) is 0. The lowest BCUT2D eigenvalue weighted by Crippen LogP contribution is -2.53. The summed E-state index contributed by atoms with van der Waals surface area (Å²) < 4.78 is 0. The maximum absolute atomic E-state index is 3.91. The van der Waals surface area contributed by atoms with Gasteiger partial charge in [0.15, 0.2) is 0 Å². The Labute approximate surface area is 82.5 Å². The van der Waals surface area contributed by atoms with Crippen LogP contribution in [0.3, 0.4) is 0 Å². The van der Waals surface area contributed by atoms with Crippen molar-refractivity contribution in [2.45, 2.75) is 51.1 Å². The molecule has 0 spiro atoms. The molecule has 2 unspecified atom stereocenters. The van der Waals surface area contributed by atoms with E-state index in [4.69, 9.17) is 0 Å². The van der Waals surface area contributed by atoms with Crippen molar-refractivity contribution in [1.82, 2.24) is 10.6 Å². The van der Waals surface area contributed by atoms with Crippen molar-refractivity contribution < 1.29 is 0 Å². The van der Waals surface area contributed by atoms with Crippen molar-refractivity contribution in [2.24, 2.45) is 0 Å². The van der Waals surface area contributed by atoms with E-state index >= 15 is 0 Å². The maximum Gasteiger partial charge on any atom is 0.0193 e. The standard InChI is InChI=1S/C11H23N2/c1-3-5-6-7-11-9-12-10(4-2)8-13-11/h10-13H,2-9H2,1H3. The van der Waals surface area contributed by atoms with Crippen LogP contribution in [0.5, 0.6) is 0 Å². The van der Waals surface area contributed by atoms with Crippen LogP contribution in [0.4, 0.5) is 0 Å². The second kappa shape index (κ2) is 6.39. The predicted molar refractivity (Wildman–Crippen MR) is 57.7 cm³/mol. The summed E-state index contributed by atoms with van der Waals surface area (Å²) in [6.45, 7) is 8.39. The van der Waals surface area contributed by atoms with Crippen molar-refractivity contribution in [1.29, 1.82) is 0 Å². The van der Waals surface area contributed by atoms with Gasteiger partial charge in [-0.05, 0) is 12.8 Å². The molecule has 0 aromatic carbocycles. The minimum atomic E-state index is 0.599. The molecule has 1 fully saturated rings. The van der Waals surface area contributed by atoms with Crippen molar-refractivity contribution in [3.63, 3.8) is 0 Å². The third-order valence-electron chi connectivity index (χ3n) is 2.81. The monoisotopic (exact) mass is 183 g/mol. The van der Waals surface area contributed by atoms with Crippen LogP contribution in [0.15, 0.2) is 0 Å². The van der Waals surface area contributed by atoms with Crippen LogP contribution in [0.2, 0.25) is 0 Å². The summed E-state index contributed by atoms with van der Waals surface area (Å²) in [6, 6.07) is 1.30. The first-order valence-corrected chi connectivity index (χ1v) is 5.62. The lowest BCUT2D eigenvalue weighted by molar-refractivity contribution is 0.328. The average Bonchev–Trinajstić information content (AvgIpc) is 2.19. The summed E-state index contributed by atoms with van der Waals surface area (Å²) in [5.74, 6) is 0. The van der Waals surface area contributed by atoms with Gasteiger partial charge in [-0.3, -0.25) is 0 Å². The number of piperazine rings is 1. The highest BCUT2D eigenvalue weighted by Gasteiger charge is 2.17. The van der Waals surface area contributed by atoms with E-state index in [0.717, 1.165) is 19.5 Å². The SMILES string of the molecule is [CH2]CC1CNC(CCCCC)CN1. The van der Waals surface area contributed by atoms with Gasteiger partial charge < -0.3 is 10.6 Å². The molecule has 0 aliphatic carbocycles. The van der Waals surface area contributed by atoms with Crippen molar-refractivity contribution in [3.05, 3.63) is 6.92 Å². The smallest absolute Gasteiger partial charge is 0.0193 e. The van der Waals surface area contributed by atoms with E-state index in [0.29, 0.717) is 12.1 Å². The molecule has 0 bridgehead atoms. The van der Waals surface area contributed by atoms with Crippen LogP contribution >= 0.6 is 0 Å². The zero-order valence-corrected chi connectivity index (χ0v) is 8.81. The fraction of sp³-hybridized carbons (Fsp3) is 0.909. The van der Waals surface area contributed by atoms with Crippen LogP contribution in [-0.2, 0) is 0 Å². The first-order valence-electron chi connectivity index (χ1n) is 5.62. The van der Waals surface area contributed by atoms with Gasteiger partial charge in [-0.1, -0.05) is 33.1 Å². The molecule has 2 heteroatoms. The second-order valence-corrected chi connectivity index (χ2v) is 3.99. The predicted octanol–water partition coefficient (Wildman–Crippen LogP) is 1.72. The molecule has 2 N–H and O–H groups in total. The fourth-order valence-corrected chi connectivity index (χ4v) is 1.81. The number of rotatable bonds is 5. The van der Waals surface area contributed by atoms with Gasteiger partial charge in [0.1, 0.15) is 0 Å². The first kappa shape index (κ1) is 11.0. The Morgan fingerprint density at radius 2 is 1.85 bits per heavy atom. The number of hydrogen-bond donors (Lipinski definition) is 2. The van der Waals surface area contributed by atoms with Crippen LogP contribution in [0, 0.1) is 6.92 Å². The fourth-order valence-electron chi connectivity index (χ4n) is 1.81. The van der Waals surface area contributed by atoms with Gasteiger partial charge in [-0.15, -0.1) is 0 Å². The molecule has 1 saturated heterocycles. The minimum Gasteiger partial charge on any atom is -0.311 e. The van der Waals surface area contributed by atoms with Gasteiger partial charge in [0.2, 0.25) is 0 Å². The lowest BCUT2D eigenvalue weighted by Gasteiger charge is -2.30. The third-order valence-corrected chi connectivity index (χ3v) is 2.81. The van der Waals surface area contributed by atoms with Gasteiger partial charge in [0, 0.05) is 25.2 Å². The van der Waals surface area contributed by atoms with Gasteiger partial charge in [0.25, 0.3) is 0 Å². The van der Waals surface area contributed by atoms with Crippen molar-refractivity contribution in [3.8, 4) is 0 Å². The zero-order chi connectivity index (χ0) is 9.52. The highest BCUT2D eigenvalue weighted by molar-refractivity contribution is 4.83. The van der Waals surface area contributed by atoms with Crippen LogP contribution < -0.4 is 10.6 Å². The Bertz CT molecular complexity index is 115. The van der Waals surface area contributed by atoms with Crippen LogP contribution in [0.1, 0.15) is 39.0 Å². The van der Waals surface area contributed by atoms with E-state index in [2.05, 4.69) is 24.5 Å². The van der Waals surface area contributed by atoms with Gasteiger partial charge in [0.05, 0.1) is 0 Å². The number of unbranched alkanes of at least 4 members (excludes halogenated alkanes) is 2. The van der Waals surface area contributed by atoms with Gasteiger partial charge in [-0.25, -0.2) is 0 Å². The number of nitrogens with one attached hydrogen (secondary N) is 2. The highest BCUT2D eigenvalue weighted by Crippen LogP contribution is 2.06. The molecule has 1 aliphatic rings. The summed E-state index contributed by atoms with van der Waals surface area (Å²) >= 11 is 0. The molecule has 2 atom stereocenters. The van der Waals surface area contributed by atoms with Gasteiger partial charge in [-0.2, -0.15) is 0 Å². The minimum absolute atomic E-state index is 0.599. The van der Waals surface area contributed by atoms with Gasteiger partial charge >= 0.3 is 0 Å². The van der Waals surface area contributed by atoms with Crippen molar-refractivity contribution >= 4 is 0 Å². The molecule has 0 aromatic heterocycles. The Balaban J connectivity index is 2.03. The molecule has 1 heterocycles. The molecule has 0 saturated carbocycles. The topological polar surface area (TPSA) is 24.1 Å². The molecule has 1 aliphatic heterocycles. The molecule has 0 aromatic rings. The Hall–Kier alpha value is -0.0800. The van der Waals surface area contributed by atoms with E-state index in [1.165, 1.54) is 25.7 Å². The molecule has 2 nitrogen and oxygen atoms in total.